The molecule has 0 aromatic heterocycles. The third-order valence-electron chi connectivity index (χ3n) is 15.8. The van der Waals surface area contributed by atoms with Gasteiger partial charge in [-0.15, -0.1) is 0 Å². The van der Waals surface area contributed by atoms with Crippen molar-refractivity contribution in [3.8, 4) is 0 Å². The first-order chi connectivity index (χ1) is 51.2. The fourth-order valence-electron chi connectivity index (χ4n) is 9.89. The molecule has 0 saturated carbocycles. The summed E-state index contributed by atoms with van der Waals surface area (Å²) >= 11 is 0. The van der Waals surface area contributed by atoms with Gasteiger partial charge in [-0.1, -0.05) is 305 Å². The summed E-state index contributed by atoms with van der Waals surface area (Å²) in [5, 5.41) is 20.6. The predicted octanol–water partition coefficient (Wildman–Crippen LogP) is 23.5. The lowest BCUT2D eigenvalue weighted by Gasteiger charge is -2.21. The summed E-state index contributed by atoms with van der Waals surface area (Å²) in [5.74, 6) is -1.70. The Hall–Kier alpha value is -5.61. The van der Waals surface area contributed by atoms with Crippen molar-refractivity contribution in [1.29, 1.82) is 0 Å². The molecule has 0 aliphatic rings. The fraction of sp³-hybridized carbons (Fsp3) is 0.598. The molecule has 0 aromatic rings. The van der Waals surface area contributed by atoms with Gasteiger partial charge in [-0.25, -0.2) is 9.13 Å². The van der Waals surface area contributed by atoms with Crippen LogP contribution in [0.4, 0.5) is 0 Å². The molecular formula is C87H140O16P2. The number of allylic oxidation sites excluding steroid dienone is 32. The van der Waals surface area contributed by atoms with Gasteiger partial charge >= 0.3 is 33.6 Å². The van der Waals surface area contributed by atoms with Gasteiger partial charge in [-0.05, 0) is 148 Å². The van der Waals surface area contributed by atoms with Crippen molar-refractivity contribution < 1.29 is 75.8 Å². The lowest BCUT2D eigenvalue weighted by atomic mass is 10.1. The maximum atomic E-state index is 13.0. The van der Waals surface area contributed by atoms with Gasteiger partial charge < -0.3 is 34.2 Å². The molecule has 0 spiro atoms. The highest BCUT2D eigenvalue weighted by molar-refractivity contribution is 7.47. The van der Waals surface area contributed by atoms with Gasteiger partial charge in [0.2, 0.25) is 0 Å². The zero-order valence-electron chi connectivity index (χ0n) is 64.8. The molecule has 0 bridgehead atoms. The molecule has 18 heteroatoms. The number of hydrogen-bond acceptors (Lipinski definition) is 14. The largest absolute Gasteiger partial charge is 0.472 e. The first-order valence-corrected chi connectivity index (χ1v) is 42.7. The average Bonchev–Trinajstić information content (AvgIpc) is 0.916. The van der Waals surface area contributed by atoms with Gasteiger partial charge in [0, 0.05) is 19.3 Å². The van der Waals surface area contributed by atoms with Crippen LogP contribution < -0.4 is 0 Å². The Morgan fingerprint density at radius 2 is 0.495 bits per heavy atom. The van der Waals surface area contributed by atoms with Crippen molar-refractivity contribution in [2.75, 3.05) is 39.6 Å². The number of hydrogen-bond donors (Lipinski definition) is 4. The molecule has 0 saturated heterocycles. The smallest absolute Gasteiger partial charge is 0.463 e. The molecule has 5 unspecified atom stereocenters. The molecule has 5 atom stereocenters. The maximum Gasteiger partial charge on any atom is 0.472 e. The van der Waals surface area contributed by atoms with E-state index in [1.54, 1.807) is 0 Å². The normalized spacial score (nSPS) is 15.0. The number of aliphatic hydroxyl groups excluding tert-OH is 2. The second kappa shape index (κ2) is 78.0. The number of carbonyl (C=O) groups is 3. The van der Waals surface area contributed by atoms with E-state index in [1.807, 2.05) is 18.2 Å². The molecule has 0 radical (unpaired) electrons. The summed E-state index contributed by atoms with van der Waals surface area (Å²) in [5.41, 5.74) is 0. The Bertz CT molecular complexity index is 2690. The second-order valence-corrected chi connectivity index (χ2v) is 28.6. The molecule has 594 valence electrons. The van der Waals surface area contributed by atoms with Crippen molar-refractivity contribution in [1.82, 2.24) is 0 Å². The van der Waals surface area contributed by atoms with E-state index in [9.17, 15) is 43.5 Å². The summed E-state index contributed by atoms with van der Waals surface area (Å²) in [6, 6.07) is 0. The Morgan fingerprint density at radius 3 is 0.790 bits per heavy atom. The number of ether oxygens (including phenoxy) is 3. The Morgan fingerprint density at radius 1 is 0.267 bits per heavy atom. The van der Waals surface area contributed by atoms with Crippen molar-refractivity contribution in [2.45, 2.75) is 296 Å². The minimum absolute atomic E-state index is 0.0297. The quantitative estimate of drug-likeness (QED) is 0.0146. The molecule has 0 fully saturated rings. The zero-order chi connectivity index (χ0) is 76.6. The third kappa shape index (κ3) is 79.3. The van der Waals surface area contributed by atoms with Gasteiger partial charge in [-0.2, -0.15) is 0 Å². The SMILES string of the molecule is CC/C=C\C/C=C\C/C=C\C/C=C\C/C=C\C/C=C\CCC(=O)OC(COC(=O)CCCCCCCCCCC/C=C\C/C=C\C/C=C\C/C=C\C/C=C\CC)COP(=O)(O)OCC(O)COP(=O)(O)OCC(O)COC(=O)CCCCCCCCCCC/C=C\C/C=C\C/C=C\C/C=C\C/C=C\CC. The molecule has 0 amide bonds. The molecule has 4 N–H and O–H groups in total. The van der Waals surface area contributed by atoms with Crippen molar-refractivity contribution in [3.63, 3.8) is 0 Å². The summed E-state index contributed by atoms with van der Waals surface area (Å²) in [4.78, 5) is 58.7. The summed E-state index contributed by atoms with van der Waals surface area (Å²) in [6.07, 6.45) is 102. The van der Waals surface area contributed by atoms with E-state index >= 15 is 0 Å². The first kappa shape index (κ1) is 99.4. The number of phosphoric acid groups is 2. The van der Waals surface area contributed by atoms with Crippen LogP contribution in [0.3, 0.4) is 0 Å². The van der Waals surface area contributed by atoms with Crippen LogP contribution in [0.2, 0.25) is 0 Å². The minimum atomic E-state index is -4.96. The lowest BCUT2D eigenvalue weighted by Crippen LogP contribution is -2.29. The van der Waals surface area contributed by atoms with E-state index < -0.39 is 91.5 Å². The van der Waals surface area contributed by atoms with Crippen LogP contribution in [0.5, 0.6) is 0 Å². The van der Waals surface area contributed by atoms with Crippen LogP contribution >= 0.6 is 15.6 Å². The molecule has 0 rings (SSSR count). The summed E-state index contributed by atoms with van der Waals surface area (Å²) in [7, 11) is -9.84. The highest BCUT2D eigenvalue weighted by Crippen LogP contribution is 2.45. The average molecular weight is 1500 g/mol. The van der Waals surface area contributed by atoms with Crippen molar-refractivity contribution >= 4 is 33.6 Å². The standard InChI is InChI=1S/C87H140O16P2/c1-4-7-10-13-16-19-22-25-28-31-34-36-38-40-42-44-47-49-52-55-58-61-64-67-70-73-85(90)97-76-82(88)77-99-104(93,94)100-78-83(89)79-101-105(95,96)102-81-84(103-87(92)75-72-69-66-63-60-57-54-51-46-33-30-27-24-21-18-15-12-9-6-3)80-98-86(91)74-71-68-65-62-59-56-53-50-48-45-43-41-39-37-35-32-29-26-23-20-17-14-11-8-5-2/h7-12,16-21,25-30,34-37,40-43,46,51,57,60,66,69,82-84,88-89H,4-6,13-15,22-24,31-33,38-39,44-45,47-50,52-56,58-59,61-65,67-68,70-81H2,1-3H3,(H,93,94)(H,95,96)/b10-7-,11-8-,12-9-,19-16-,20-17-,21-18-,28-25-,29-26-,30-27-,36-34-,37-35-,42-40-,43-41-,51-46-,60-57-,69-66-. The number of unbranched alkanes of at least 4 members (excludes halogenated alkanes) is 18. The van der Waals surface area contributed by atoms with Gasteiger partial charge in [-0.3, -0.25) is 32.5 Å². The van der Waals surface area contributed by atoms with Gasteiger partial charge in [0.25, 0.3) is 0 Å². The molecule has 0 aliphatic heterocycles. The third-order valence-corrected chi connectivity index (χ3v) is 17.7. The Kier molecular flexibility index (Phi) is 73.8. The first-order valence-electron chi connectivity index (χ1n) is 39.7. The molecule has 105 heavy (non-hydrogen) atoms. The van der Waals surface area contributed by atoms with E-state index in [0.717, 1.165) is 161 Å². The molecule has 16 nitrogen and oxygen atoms in total. The number of phosphoric ester groups is 2. The van der Waals surface area contributed by atoms with E-state index in [0.29, 0.717) is 25.7 Å². The van der Waals surface area contributed by atoms with Crippen LogP contribution in [-0.4, -0.2) is 95.9 Å². The van der Waals surface area contributed by atoms with Crippen molar-refractivity contribution in [2.24, 2.45) is 0 Å². The van der Waals surface area contributed by atoms with Crippen molar-refractivity contribution in [3.05, 3.63) is 194 Å². The van der Waals surface area contributed by atoms with Crippen LogP contribution in [0.25, 0.3) is 0 Å². The van der Waals surface area contributed by atoms with Gasteiger partial charge in [0.05, 0.1) is 26.4 Å². The highest BCUT2D eigenvalue weighted by Gasteiger charge is 2.29. The van der Waals surface area contributed by atoms with Crippen LogP contribution in [-0.2, 0) is 55.8 Å². The van der Waals surface area contributed by atoms with Crippen LogP contribution in [0.15, 0.2) is 194 Å². The summed E-state index contributed by atoms with van der Waals surface area (Å²) < 4.78 is 61.1. The number of rotatable bonds is 73. The van der Waals surface area contributed by atoms with Gasteiger partial charge in [0.1, 0.15) is 25.4 Å². The molecular weight excluding hydrogens is 1360 g/mol. The van der Waals surface area contributed by atoms with E-state index in [-0.39, 0.29) is 19.3 Å². The minimum Gasteiger partial charge on any atom is -0.463 e. The lowest BCUT2D eigenvalue weighted by molar-refractivity contribution is -0.161. The summed E-state index contributed by atoms with van der Waals surface area (Å²) in [6.45, 7) is 2.22. The second-order valence-electron chi connectivity index (χ2n) is 25.7. The molecule has 0 heterocycles. The fourth-order valence-corrected chi connectivity index (χ4v) is 11.5. The Balaban J connectivity index is 4.74. The molecule has 0 aliphatic carbocycles. The van der Waals surface area contributed by atoms with E-state index in [1.165, 1.54) is 51.4 Å². The van der Waals surface area contributed by atoms with E-state index in [2.05, 4.69) is 197 Å². The number of carbonyl (C=O) groups excluding carboxylic acids is 3. The molecule has 0 aromatic carbocycles. The van der Waals surface area contributed by atoms with Crippen LogP contribution in [0.1, 0.15) is 278 Å². The number of esters is 3. The maximum absolute atomic E-state index is 13.0. The monoisotopic (exact) mass is 1500 g/mol. The predicted molar refractivity (Wildman–Crippen MR) is 435 cm³/mol. The van der Waals surface area contributed by atoms with E-state index in [4.69, 9.17) is 32.3 Å². The topological polar surface area (TPSA) is 231 Å². The van der Waals surface area contributed by atoms with Gasteiger partial charge in [0.15, 0.2) is 6.10 Å². The van der Waals surface area contributed by atoms with Crippen LogP contribution in [0, 0.1) is 0 Å². The zero-order valence-corrected chi connectivity index (χ0v) is 66.6. The highest BCUT2D eigenvalue weighted by atomic mass is 31.2. The Labute approximate surface area is 636 Å². The number of aliphatic hydroxyl groups is 2.